The van der Waals surface area contributed by atoms with Gasteiger partial charge in [0.15, 0.2) is 11.5 Å². The average molecular weight is 212 g/mol. The van der Waals surface area contributed by atoms with Crippen molar-refractivity contribution < 1.29 is 20.1 Å². The molecule has 7 N–H and O–H groups in total. The fourth-order valence-electron chi connectivity index (χ4n) is 1.16. The zero-order chi connectivity index (χ0) is 11.6. The first-order valence-electron chi connectivity index (χ1n) is 4.20. The van der Waals surface area contributed by atoms with E-state index in [0.29, 0.717) is 5.56 Å². The van der Waals surface area contributed by atoms with Crippen LogP contribution in [-0.4, -0.2) is 27.3 Å². The number of carbonyl (C=O) groups is 1. The summed E-state index contributed by atoms with van der Waals surface area (Å²) in [6, 6.07) is 1.54. The van der Waals surface area contributed by atoms with E-state index in [-0.39, 0.29) is 17.9 Å². The predicted molar refractivity (Wildman–Crippen MR) is 53.5 cm³/mol. The number of aromatic hydroxyl groups is 2. The number of carboxylic acids is 1. The molecule has 0 saturated heterocycles. The van der Waals surface area contributed by atoms with Crippen LogP contribution in [0.3, 0.4) is 0 Å². The van der Waals surface area contributed by atoms with Crippen LogP contribution in [0.5, 0.6) is 11.5 Å². The first kappa shape index (κ1) is 11.1. The number of benzene rings is 1. The van der Waals surface area contributed by atoms with E-state index in [9.17, 15) is 9.90 Å². The van der Waals surface area contributed by atoms with Crippen LogP contribution in [0.25, 0.3) is 0 Å². The number of hydrogen-bond donors (Lipinski definition) is 5. The number of hydrogen-bond acceptors (Lipinski definition) is 5. The minimum Gasteiger partial charge on any atom is -0.504 e. The maximum Gasteiger partial charge on any atom is 0.320 e. The fraction of sp³-hybridized carbons (Fsp3) is 0.222. The topological polar surface area (TPSA) is 130 Å². The van der Waals surface area contributed by atoms with Gasteiger partial charge in [-0.3, -0.25) is 4.79 Å². The van der Waals surface area contributed by atoms with Gasteiger partial charge in [0, 0.05) is 0 Å². The van der Waals surface area contributed by atoms with E-state index >= 15 is 0 Å². The van der Waals surface area contributed by atoms with Crippen LogP contribution in [0.15, 0.2) is 12.1 Å². The number of rotatable bonds is 3. The Bertz CT molecular complexity index is 369. The molecular weight excluding hydrogens is 200 g/mol. The summed E-state index contributed by atoms with van der Waals surface area (Å²) in [5, 5.41) is 26.9. The summed E-state index contributed by atoms with van der Waals surface area (Å²) in [5.41, 5.74) is 11.1. The second kappa shape index (κ2) is 4.05. The van der Waals surface area contributed by atoms with E-state index in [1.807, 2.05) is 0 Å². The van der Waals surface area contributed by atoms with Gasteiger partial charge in [0.1, 0.15) is 6.04 Å². The highest BCUT2D eigenvalue weighted by atomic mass is 16.4. The van der Waals surface area contributed by atoms with Crippen molar-refractivity contribution in [2.75, 3.05) is 5.73 Å². The summed E-state index contributed by atoms with van der Waals surface area (Å²) in [6.07, 6.45) is 0.0351. The first-order valence-corrected chi connectivity index (χ1v) is 4.20. The number of carboxylic acid groups (broad SMARTS) is 1. The summed E-state index contributed by atoms with van der Waals surface area (Å²) in [5.74, 6) is -1.94. The largest absolute Gasteiger partial charge is 0.504 e. The van der Waals surface area contributed by atoms with Crippen molar-refractivity contribution in [1.82, 2.24) is 0 Å². The Kier molecular flexibility index (Phi) is 3.01. The van der Waals surface area contributed by atoms with Gasteiger partial charge in [-0.15, -0.1) is 0 Å². The molecule has 1 atom stereocenters. The van der Waals surface area contributed by atoms with Crippen LogP contribution in [-0.2, 0) is 11.2 Å². The van der Waals surface area contributed by atoms with Crippen molar-refractivity contribution in [2.24, 2.45) is 5.73 Å². The van der Waals surface area contributed by atoms with Crippen LogP contribution in [0.2, 0.25) is 0 Å². The second-order valence-corrected chi connectivity index (χ2v) is 3.20. The van der Waals surface area contributed by atoms with Gasteiger partial charge in [0.05, 0.1) is 5.69 Å². The van der Waals surface area contributed by atoms with Gasteiger partial charge in [-0.25, -0.2) is 0 Å². The average Bonchev–Trinajstić information content (AvgIpc) is 2.13. The lowest BCUT2D eigenvalue weighted by atomic mass is 10.1. The molecule has 0 aliphatic rings. The SMILES string of the molecule is Nc1cc(C[C@H](N)C(=O)O)cc(O)c1O. The highest BCUT2D eigenvalue weighted by Gasteiger charge is 2.14. The van der Waals surface area contributed by atoms with Gasteiger partial charge in [0.25, 0.3) is 0 Å². The number of nitrogen functional groups attached to an aromatic ring is 1. The van der Waals surface area contributed by atoms with Gasteiger partial charge in [0.2, 0.25) is 0 Å². The smallest absolute Gasteiger partial charge is 0.320 e. The van der Waals surface area contributed by atoms with Crippen molar-refractivity contribution in [1.29, 1.82) is 0 Å². The van der Waals surface area contributed by atoms with Gasteiger partial charge >= 0.3 is 5.97 Å². The van der Waals surface area contributed by atoms with Gasteiger partial charge in [-0.05, 0) is 24.1 Å². The minimum atomic E-state index is -1.14. The van der Waals surface area contributed by atoms with Crippen LogP contribution in [0, 0.1) is 0 Å². The molecule has 0 spiro atoms. The zero-order valence-electron chi connectivity index (χ0n) is 7.84. The molecule has 0 unspecified atom stereocenters. The Morgan fingerprint density at radius 2 is 2.00 bits per heavy atom. The molecule has 82 valence electrons. The van der Waals surface area contributed by atoms with E-state index in [0.717, 1.165) is 0 Å². The number of phenolic OH excluding ortho intramolecular Hbond substituents is 2. The Balaban J connectivity index is 2.92. The molecule has 0 amide bonds. The number of anilines is 1. The van der Waals surface area contributed by atoms with Gasteiger partial charge < -0.3 is 26.8 Å². The molecular formula is C9H12N2O4. The molecule has 0 bridgehead atoms. The lowest BCUT2D eigenvalue weighted by Crippen LogP contribution is -2.32. The molecule has 0 heterocycles. The van der Waals surface area contributed by atoms with Crippen LogP contribution < -0.4 is 11.5 Å². The molecule has 6 nitrogen and oxygen atoms in total. The normalized spacial score (nSPS) is 12.3. The number of phenols is 2. The van der Waals surface area contributed by atoms with Crippen molar-refractivity contribution in [3.8, 4) is 11.5 Å². The molecule has 0 aromatic heterocycles. The number of aliphatic carboxylic acids is 1. The minimum absolute atomic E-state index is 0.0115. The van der Waals surface area contributed by atoms with E-state index in [4.69, 9.17) is 21.7 Å². The third-order valence-corrected chi connectivity index (χ3v) is 1.95. The van der Waals surface area contributed by atoms with Crippen LogP contribution in [0.1, 0.15) is 5.56 Å². The highest BCUT2D eigenvalue weighted by molar-refractivity contribution is 5.74. The quantitative estimate of drug-likeness (QED) is 0.343. The maximum atomic E-state index is 10.5. The summed E-state index contributed by atoms with van der Waals surface area (Å²) in [6.45, 7) is 0. The standard InChI is InChI=1S/C9H12N2O4/c10-5-1-4(2-6(11)9(14)15)3-7(12)8(5)13/h1,3,6,12-13H,2,10-11H2,(H,14,15)/t6-/m0/s1. The van der Waals surface area contributed by atoms with E-state index in [2.05, 4.69) is 0 Å². The van der Waals surface area contributed by atoms with E-state index < -0.39 is 17.8 Å². The van der Waals surface area contributed by atoms with Crippen molar-refractivity contribution in [2.45, 2.75) is 12.5 Å². The molecule has 1 aromatic carbocycles. The van der Waals surface area contributed by atoms with Crippen LogP contribution >= 0.6 is 0 Å². The molecule has 0 aliphatic carbocycles. The number of nitrogens with two attached hydrogens (primary N) is 2. The van der Waals surface area contributed by atoms with E-state index in [1.54, 1.807) is 0 Å². The monoisotopic (exact) mass is 212 g/mol. The van der Waals surface area contributed by atoms with Crippen molar-refractivity contribution in [3.05, 3.63) is 17.7 Å². The maximum absolute atomic E-state index is 10.5. The predicted octanol–water partition coefficient (Wildman–Crippen LogP) is -0.366. The van der Waals surface area contributed by atoms with E-state index in [1.165, 1.54) is 12.1 Å². The molecule has 0 aliphatic heterocycles. The second-order valence-electron chi connectivity index (χ2n) is 3.20. The molecule has 0 fully saturated rings. The van der Waals surface area contributed by atoms with Gasteiger partial charge in [-0.1, -0.05) is 0 Å². The molecule has 1 rings (SSSR count). The highest BCUT2D eigenvalue weighted by Crippen LogP contribution is 2.32. The Labute approximate surface area is 85.8 Å². The molecule has 0 radical (unpaired) electrons. The van der Waals surface area contributed by atoms with Crippen LogP contribution in [0.4, 0.5) is 5.69 Å². The molecule has 15 heavy (non-hydrogen) atoms. The van der Waals surface area contributed by atoms with Crippen molar-refractivity contribution in [3.63, 3.8) is 0 Å². The fourth-order valence-corrected chi connectivity index (χ4v) is 1.16. The Morgan fingerprint density at radius 1 is 1.40 bits per heavy atom. The molecule has 0 saturated carbocycles. The summed E-state index contributed by atoms with van der Waals surface area (Å²) < 4.78 is 0. The Morgan fingerprint density at radius 3 is 2.47 bits per heavy atom. The lowest BCUT2D eigenvalue weighted by molar-refractivity contribution is -0.138. The summed E-state index contributed by atoms with van der Waals surface area (Å²) in [7, 11) is 0. The summed E-state index contributed by atoms with van der Waals surface area (Å²) >= 11 is 0. The first-order chi connectivity index (χ1) is 6.91. The third-order valence-electron chi connectivity index (χ3n) is 1.95. The third kappa shape index (κ3) is 2.50. The molecule has 1 aromatic rings. The lowest BCUT2D eigenvalue weighted by Gasteiger charge is -2.09. The summed E-state index contributed by atoms with van der Waals surface area (Å²) in [4.78, 5) is 10.5. The Hall–Kier alpha value is -1.95. The van der Waals surface area contributed by atoms with Crippen molar-refractivity contribution >= 4 is 11.7 Å². The van der Waals surface area contributed by atoms with Gasteiger partial charge in [-0.2, -0.15) is 0 Å². The molecule has 6 heteroatoms. The zero-order valence-corrected chi connectivity index (χ0v) is 7.84.